The molecular weight excluding hydrogens is 330 g/mol. The Bertz CT molecular complexity index is 866. The van der Waals surface area contributed by atoms with Crippen LogP contribution < -0.4 is 0 Å². The number of hydrogen-bond donors (Lipinski definition) is 2. The Morgan fingerprint density at radius 3 is 2.62 bits per heavy atom. The molecule has 134 valence electrons. The third-order valence-electron chi connectivity index (χ3n) is 4.81. The fourth-order valence-electron chi connectivity index (χ4n) is 3.05. The number of amides is 1. The van der Waals surface area contributed by atoms with Gasteiger partial charge in [-0.25, -0.2) is 4.98 Å². The van der Waals surface area contributed by atoms with E-state index in [0.717, 1.165) is 18.4 Å². The minimum Gasteiger partial charge on any atom is -0.448 e. The number of aryl methyl sites for hydroxylation is 1. The van der Waals surface area contributed by atoms with Gasteiger partial charge in [-0.15, -0.1) is 0 Å². The standard InChI is InChI=1S/C19H21N5O2/c1-12-2-4-14(5-3-12)19(25)23-8-9-24(16(20)10-23)17(21)15-11-26-18(22-15)13-6-7-13/h2-5,11,13,20-21H,6-10H2,1H3. The molecule has 2 N–H and O–H groups in total. The molecule has 0 spiro atoms. The van der Waals surface area contributed by atoms with E-state index in [4.69, 9.17) is 15.2 Å². The summed E-state index contributed by atoms with van der Waals surface area (Å²) < 4.78 is 5.45. The van der Waals surface area contributed by atoms with Gasteiger partial charge in [0.05, 0.1) is 6.54 Å². The second-order valence-electron chi connectivity index (χ2n) is 6.88. The Hall–Kier alpha value is -2.96. The van der Waals surface area contributed by atoms with Gasteiger partial charge < -0.3 is 14.2 Å². The second kappa shape index (κ2) is 6.40. The first-order valence-electron chi connectivity index (χ1n) is 8.78. The van der Waals surface area contributed by atoms with E-state index in [9.17, 15) is 4.79 Å². The number of carbonyl (C=O) groups is 1. The molecule has 7 nitrogen and oxygen atoms in total. The number of aromatic nitrogens is 1. The average molecular weight is 351 g/mol. The minimum absolute atomic E-state index is 0.0848. The zero-order valence-corrected chi connectivity index (χ0v) is 14.7. The van der Waals surface area contributed by atoms with Gasteiger partial charge in [-0.3, -0.25) is 15.6 Å². The van der Waals surface area contributed by atoms with Crippen molar-refractivity contribution < 1.29 is 9.21 Å². The molecule has 7 heteroatoms. The molecule has 2 aromatic rings. The zero-order chi connectivity index (χ0) is 18.3. The summed E-state index contributed by atoms with van der Waals surface area (Å²) in [7, 11) is 0. The molecule has 0 atom stereocenters. The molecule has 1 amide bonds. The summed E-state index contributed by atoms with van der Waals surface area (Å²) in [5.74, 6) is 1.37. The Labute approximate surface area is 151 Å². The van der Waals surface area contributed by atoms with Crippen LogP contribution in [-0.2, 0) is 0 Å². The molecular formula is C19H21N5O2. The molecule has 4 rings (SSSR count). The Morgan fingerprint density at radius 2 is 1.96 bits per heavy atom. The molecule has 1 aliphatic heterocycles. The largest absolute Gasteiger partial charge is 0.448 e. The summed E-state index contributed by atoms with van der Waals surface area (Å²) in [5, 5.41) is 16.6. The van der Waals surface area contributed by atoms with Crippen LogP contribution >= 0.6 is 0 Å². The van der Waals surface area contributed by atoms with Gasteiger partial charge in [0.2, 0.25) is 0 Å². The predicted octanol–water partition coefficient (Wildman–Crippen LogP) is 2.62. The lowest BCUT2D eigenvalue weighted by Gasteiger charge is -2.35. The van der Waals surface area contributed by atoms with Crippen LogP contribution in [-0.4, -0.2) is 52.0 Å². The fourth-order valence-corrected chi connectivity index (χ4v) is 3.05. The van der Waals surface area contributed by atoms with Crippen LogP contribution in [0.5, 0.6) is 0 Å². The maximum Gasteiger partial charge on any atom is 0.254 e. The minimum atomic E-state index is -0.0848. The lowest BCUT2D eigenvalue weighted by atomic mass is 10.1. The van der Waals surface area contributed by atoms with Crippen LogP contribution in [0.1, 0.15) is 46.3 Å². The summed E-state index contributed by atoms with van der Waals surface area (Å²) in [4.78, 5) is 20.2. The van der Waals surface area contributed by atoms with Gasteiger partial charge >= 0.3 is 0 Å². The number of carbonyl (C=O) groups excluding carboxylic acids is 1. The molecule has 0 bridgehead atoms. The molecule has 0 radical (unpaired) electrons. The van der Waals surface area contributed by atoms with E-state index in [0.29, 0.717) is 36.2 Å². The van der Waals surface area contributed by atoms with E-state index in [1.165, 1.54) is 6.26 Å². The van der Waals surface area contributed by atoms with Gasteiger partial charge in [-0.05, 0) is 31.9 Å². The Kier molecular flexibility index (Phi) is 4.06. The second-order valence-corrected chi connectivity index (χ2v) is 6.88. The zero-order valence-electron chi connectivity index (χ0n) is 14.7. The maximum absolute atomic E-state index is 12.6. The van der Waals surface area contributed by atoms with Crippen LogP contribution in [0.4, 0.5) is 0 Å². The van der Waals surface area contributed by atoms with Gasteiger partial charge in [0.15, 0.2) is 11.7 Å². The Morgan fingerprint density at radius 1 is 1.23 bits per heavy atom. The Balaban J connectivity index is 1.42. The van der Waals surface area contributed by atoms with E-state index < -0.39 is 0 Å². The number of benzene rings is 1. The fraction of sp³-hybridized carbons (Fsp3) is 0.368. The smallest absolute Gasteiger partial charge is 0.254 e. The lowest BCUT2D eigenvalue weighted by molar-refractivity contribution is 0.0757. The summed E-state index contributed by atoms with van der Waals surface area (Å²) in [5.41, 5.74) is 2.18. The third kappa shape index (κ3) is 3.12. The molecule has 1 saturated carbocycles. The van der Waals surface area contributed by atoms with Crippen molar-refractivity contribution in [2.45, 2.75) is 25.7 Å². The summed E-state index contributed by atoms with van der Waals surface area (Å²) in [6, 6.07) is 7.44. The van der Waals surface area contributed by atoms with E-state index in [1.807, 2.05) is 31.2 Å². The highest BCUT2D eigenvalue weighted by molar-refractivity contribution is 6.08. The average Bonchev–Trinajstić information content (AvgIpc) is 3.38. The highest BCUT2D eigenvalue weighted by atomic mass is 16.3. The lowest BCUT2D eigenvalue weighted by Crippen LogP contribution is -2.54. The van der Waals surface area contributed by atoms with E-state index in [-0.39, 0.29) is 24.1 Å². The SMILES string of the molecule is Cc1ccc(C(=O)N2CCN(C(=N)c3coc(C4CC4)n3)C(=N)C2)cc1. The molecule has 2 aliphatic rings. The molecule has 0 unspecified atom stereocenters. The maximum atomic E-state index is 12.6. The van der Waals surface area contributed by atoms with Crippen LogP contribution in [0.3, 0.4) is 0 Å². The van der Waals surface area contributed by atoms with E-state index in [2.05, 4.69) is 4.98 Å². The quantitative estimate of drug-likeness (QED) is 0.656. The number of nitrogens with one attached hydrogen (secondary N) is 2. The number of hydrogen-bond acceptors (Lipinski definition) is 5. The first-order valence-corrected chi connectivity index (χ1v) is 8.78. The van der Waals surface area contributed by atoms with Crippen LogP contribution in [0.15, 0.2) is 34.9 Å². The highest BCUT2D eigenvalue weighted by Crippen LogP contribution is 2.39. The van der Waals surface area contributed by atoms with Crippen molar-refractivity contribution in [1.82, 2.24) is 14.8 Å². The number of amidine groups is 2. The monoisotopic (exact) mass is 351 g/mol. The van der Waals surface area contributed by atoms with Gasteiger partial charge in [0.25, 0.3) is 5.91 Å². The van der Waals surface area contributed by atoms with Crippen LogP contribution in [0.25, 0.3) is 0 Å². The third-order valence-corrected chi connectivity index (χ3v) is 4.81. The van der Waals surface area contributed by atoms with Gasteiger partial charge in [0, 0.05) is 24.6 Å². The van der Waals surface area contributed by atoms with Gasteiger partial charge in [-0.1, -0.05) is 17.7 Å². The van der Waals surface area contributed by atoms with Gasteiger partial charge in [-0.2, -0.15) is 0 Å². The van der Waals surface area contributed by atoms with Crippen molar-refractivity contribution in [3.05, 3.63) is 53.2 Å². The first-order chi connectivity index (χ1) is 12.5. The molecule has 1 aromatic carbocycles. The van der Waals surface area contributed by atoms with Crippen LogP contribution in [0.2, 0.25) is 0 Å². The van der Waals surface area contributed by atoms with Crippen molar-refractivity contribution in [3.63, 3.8) is 0 Å². The van der Waals surface area contributed by atoms with Crippen molar-refractivity contribution in [1.29, 1.82) is 10.8 Å². The van der Waals surface area contributed by atoms with Crippen molar-refractivity contribution in [3.8, 4) is 0 Å². The highest BCUT2D eigenvalue weighted by Gasteiger charge is 2.32. The molecule has 1 saturated heterocycles. The molecule has 26 heavy (non-hydrogen) atoms. The van der Waals surface area contributed by atoms with E-state index >= 15 is 0 Å². The molecule has 2 heterocycles. The van der Waals surface area contributed by atoms with Crippen molar-refractivity contribution >= 4 is 17.6 Å². The summed E-state index contributed by atoms with van der Waals surface area (Å²) in [6.07, 6.45) is 3.67. The summed E-state index contributed by atoms with van der Waals surface area (Å²) in [6.45, 7) is 3.03. The number of oxazole rings is 1. The molecule has 1 aromatic heterocycles. The van der Waals surface area contributed by atoms with Gasteiger partial charge in [0.1, 0.15) is 17.8 Å². The van der Waals surface area contributed by atoms with Crippen LogP contribution in [0, 0.1) is 17.7 Å². The number of nitrogens with zero attached hydrogens (tertiary/aromatic N) is 3. The first kappa shape index (κ1) is 16.5. The number of piperazine rings is 1. The number of rotatable bonds is 3. The summed E-state index contributed by atoms with van der Waals surface area (Å²) >= 11 is 0. The molecule has 2 fully saturated rings. The topological polar surface area (TPSA) is 97.3 Å². The van der Waals surface area contributed by atoms with E-state index in [1.54, 1.807) is 9.80 Å². The normalized spacial score (nSPS) is 17.5. The predicted molar refractivity (Wildman–Crippen MR) is 96.8 cm³/mol. The van der Waals surface area contributed by atoms with Crippen molar-refractivity contribution in [2.24, 2.45) is 0 Å². The van der Waals surface area contributed by atoms with Crippen molar-refractivity contribution in [2.75, 3.05) is 19.6 Å². The molecule has 1 aliphatic carbocycles.